The molecule has 0 spiro atoms. The predicted octanol–water partition coefficient (Wildman–Crippen LogP) is 2.53. The number of hydrogen-bond acceptors (Lipinski definition) is 4. The van der Waals surface area contributed by atoms with Crippen molar-refractivity contribution < 1.29 is 4.74 Å². The van der Waals surface area contributed by atoms with Gasteiger partial charge in [0.05, 0.1) is 30.5 Å². The fraction of sp³-hybridized carbons (Fsp3) is 0.375. The number of para-hydroxylation sites is 1. The summed E-state index contributed by atoms with van der Waals surface area (Å²) in [6, 6.07) is 12.6. The van der Waals surface area contributed by atoms with Gasteiger partial charge in [-0.3, -0.25) is 4.98 Å². The molecule has 0 atom stereocenters. The van der Waals surface area contributed by atoms with E-state index in [-0.39, 0.29) is 0 Å². The Morgan fingerprint density at radius 3 is 2.85 bits per heavy atom. The molecular weight excluding hydrogens is 250 g/mol. The van der Waals surface area contributed by atoms with Gasteiger partial charge in [0.2, 0.25) is 0 Å². The van der Waals surface area contributed by atoms with Crippen molar-refractivity contribution in [1.29, 1.82) is 5.26 Å². The number of morpholine rings is 1. The zero-order chi connectivity index (χ0) is 13.8. The average molecular weight is 267 g/mol. The molecule has 0 N–H and O–H groups in total. The first-order chi connectivity index (χ1) is 9.88. The molecule has 4 nitrogen and oxygen atoms in total. The van der Waals surface area contributed by atoms with Crippen LogP contribution in [0.2, 0.25) is 0 Å². The summed E-state index contributed by atoms with van der Waals surface area (Å²) in [6.07, 6.45) is 1.22. The van der Waals surface area contributed by atoms with Crippen molar-refractivity contribution in [3.8, 4) is 6.07 Å². The number of aromatic nitrogens is 1. The van der Waals surface area contributed by atoms with Crippen LogP contribution in [0.5, 0.6) is 0 Å². The first kappa shape index (κ1) is 12.9. The number of fused-ring (bicyclic) bond motifs is 1. The summed E-state index contributed by atoms with van der Waals surface area (Å²) in [4.78, 5) is 7.08. The molecule has 1 aliphatic rings. The van der Waals surface area contributed by atoms with Crippen molar-refractivity contribution >= 4 is 16.6 Å². The molecule has 0 unspecified atom stereocenters. The van der Waals surface area contributed by atoms with Gasteiger partial charge in [0, 0.05) is 37.0 Å². The minimum Gasteiger partial charge on any atom is -0.378 e. The molecule has 2 heterocycles. The molecule has 102 valence electrons. The highest BCUT2D eigenvalue weighted by molar-refractivity contribution is 5.91. The lowest BCUT2D eigenvalue weighted by atomic mass is 10.1. The molecule has 1 saturated heterocycles. The number of ether oxygens (including phenoxy) is 1. The molecule has 3 rings (SSSR count). The maximum Gasteiger partial charge on any atom is 0.0938 e. The van der Waals surface area contributed by atoms with Gasteiger partial charge in [0.15, 0.2) is 0 Å². The van der Waals surface area contributed by atoms with Gasteiger partial charge < -0.3 is 9.64 Å². The van der Waals surface area contributed by atoms with E-state index < -0.39 is 0 Å². The third-order valence-corrected chi connectivity index (χ3v) is 3.60. The molecule has 2 aromatic rings. The molecule has 0 saturated carbocycles. The second-order valence-electron chi connectivity index (χ2n) is 4.91. The molecule has 4 heteroatoms. The van der Waals surface area contributed by atoms with Crippen molar-refractivity contribution in [1.82, 2.24) is 4.98 Å². The first-order valence-electron chi connectivity index (χ1n) is 6.97. The number of nitrogens with zero attached hydrogens (tertiary/aromatic N) is 3. The number of rotatable bonds is 3. The molecule has 0 radical (unpaired) electrons. The van der Waals surface area contributed by atoms with Crippen LogP contribution in [0, 0.1) is 11.3 Å². The van der Waals surface area contributed by atoms with Crippen LogP contribution >= 0.6 is 0 Å². The smallest absolute Gasteiger partial charge is 0.0938 e. The second-order valence-corrected chi connectivity index (χ2v) is 4.91. The van der Waals surface area contributed by atoms with E-state index in [1.807, 2.05) is 6.07 Å². The monoisotopic (exact) mass is 267 g/mol. The molecule has 1 fully saturated rings. The lowest BCUT2D eigenvalue weighted by Gasteiger charge is -2.29. The quantitative estimate of drug-likeness (QED) is 0.857. The Bertz CT molecular complexity index is 642. The molecule has 0 bridgehead atoms. The van der Waals surface area contributed by atoms with E-state index in [0.717, 1.165) is 42.9 Å². The van der Waals surface area contributed by atoms with E-state index in [9.17, 15) is 0 Å². The standard InChI is InChI=1S/C16H17N3O/c17-8-2-4-14-7-6-13-3-1-5-15(16(13)18-14)19-9-11-20-12-10-19/h1,3,5-7H,2,4,9-12H2. The van der Waals surface area contributed by atoms with Gasteiger partial charge in [-0.1, -0.05) is 18.2 Å². The van der Waals surface area contributed by atoms with E-state index in [0.29, 0.717) is 12.8 Å². The van der Waals surface area contributed by atoms with Crippen LogP contribution in [0.4, 0.5) is 5.69 Å². The lowest BCUT2D eigenvalue weighted by molar-refractivity contribution is 0.123. The minimum atomic E-state index is 0.512. The third kappa shape index (κ3) is 2.59. The van der Waals surface area contributed by atoms with Crippen LogP contribution in [-0.4, -0.2) is 31.3 Å². The lowest BCUT2D eigenvalue weighted by Crippen LogP contribution is -2.36. The van der Waals surface area contributed by atoms with Crippen molar-refractivity contribution in [2.45, 2.75) is 12.8 Å². The third-order valence-electron chi connectivity index (χ3n) is 3.60. The topological polar surface area (TPSA) is 49.2 Å². The van der Waals surface area contributed by atoms with Gasteiger partial charge in [0.25, 0.3) is 0 Å². The van der Waals surface area contributed by atoms with Crippen LogP contribution in [0.15, 0.2) is 30.3 Å². The molecule has 1 aliphatic heterocycles. The Labute approximate surface area is 118 Å². The first-order valence-corrected chi connectivity index (χ1v) is 6.97. The van der Waals surface area contributed by atoms with Gasteiger partial charge >= 0.3 is 0 Å². The maximum atomic E-state index is 8.70. The molecule has 0 amide bonds. The van der Waals surface area contributed by atoms with Gasteiger partial charge in [-0.25, -0.2) is 0 Å². The van der Waals surface area contributed by atoms with Crippen LogP contribution in [0.25, 0.3) is 10.9 Å². The normalized spacial score (nSPS) is 15.2. The summed E-state index contributed by atoms with van der Waals surface area (Å²) in [6.45, 7) is 3.35. The summed E-state index contributed by atoms with van der Waals surface area (Å²) in [5, 5.41) is 9.85. The Balaban J connectivity index is 1.99. The Morgan fingerprint density at radius 1 is 1.20 bits per heavy atom. The average Bonchev–Trinajstić information content (AvgIpc) is 2.53. The van der Waals surface area contributed by atoms with E-state index in [4.69, 9.17) is 15.0 Å². The largest absolute Gasteiger partial charge is 0.378 e. The Morgan fingerprint density at radius 2 is 2.05 bits per heavy atom. The molecule has 1 aromatic heterocycles. The summed E-state index contributed by atoms with van der Waals surface area (Å²) in [5.41, 5.74) is 3.19. The van der Waals surface area contributed by atoms with Crippen LogP contribution in [0.3, 0.4) is 0 Å². The number of benzene rings is 1. The number of aryl methyl sites for hydroxylation is 1. The second kappa shape index (κ2) is 5.89. The van der Waals surface area contributed by atoms with Crippen molar-refractivity contribution in [2.24, 2.45) is 0 Å². The van der Waals surface area contributed by atoms with Gasteiger partial charge in [-0.15, -0.1) is 0 Å². The Hall–Kier alpha value is -2.12. The van der Waals surface area contributed by atoms with Gasteiger partial charge in [-0.05, 0) is 12.1 Å². The fourth-order valence-electron chi connectivity index (χ4n) is 2.55. The van der Waals surface area contributed by atoms with Gasteiger partial charge in [-0.2, -0.15) is 5.26 Å². The van der Waals surface area contributed by atoms with Crippen molar-refractivity contribution in [2.75, 3.05) is 31.2 Å². The number of anilines is 1. The predicted molar refractivity (Wildman–Crippen MR) is 78.7 cm³/mol. The number of pyridine rings is 1. The van der Waals surface area contributed by atoms with Crippen LogP contribution in [0.1, 0.15) is 12.1 Å². The summed E-state index contributed by atoms with van der Waals surface area (Å²) < 4.78 is 5.41. The zero-order valence-electron chi connectivity index (χ0n) is 11.4. The summed E-state index contributed by atoms with van der Waals surface area (Å²) >= 11 is 0. The SMILES string of the molecule is N#CCCc1ccc2cccc(N3CCOCC3)c2n1. The number of nitriles is 1. The zero-order valence-corrected chi connectivity index (χ0v) is 11.4. The summed E-state index contributed by atoms with van der Waals surface area (Å²) in [7, 11) is 0. The van der Waals surface area contributed by atoms with E-state index in [1.54, 1.807) is 0 Å². The van der Waals surface area contributed by atoms with E-state index >= 15 is 0 Å². The molecule has 20 heavy (non-hydrogen) atoms. The highest BCUT2D eigenvalue weighted by atomic mass is 16.5. The minimum absolute atomic E-state index is 0.512. The number of hydrogen-bond donors (Lipinski definition) is 0. The Kier molecular flexibility index (Phi) is 3.80. The fourth-order valence-corrected chi connectivity index (χ4v) is 2.55. The van der Waals surface area contributed by atoms with Crippen LogP contribution in [-0.2, 0) is 11.2 Å². The van der Waals surface area contributed by atoms with Crippen LogP contribution < -0.4 is 4.90 Å². The van der Waals surface area contributed by atoms with Crippen molar-refractivity contribution in [3.05, 3.63) is 36.0 Å². The van der Waals surface area contributed by atoms with E-state index in [2.05, 4.69) is 35.2 Å². The van der Waals surface area contributed by atoms with Gasteiger partial charge in [0.1, 0.15) is 0 Å². The maximum absolute atomic E-state index is 8.70. The highest BCUT2D eigenvalue weighted by Gasteiger charge is 2.14. The summed E-state index contributed by atoms with van der Waals surface area (Å²) in [5.74, 6) is 0. The molecule has 1 aromatic carbocycles. The molecular formula is C16H17N3O. The molecule has 0 aliphatic carbocycles. The van der Waals surface area contributed by atoms with E-state index in [1.165, 1.54) is 5.69 Å². The highest BCUT2D eigenvalue weighted by Crippen LogP contribution is 2.26. The van der Waals surface area contributed by atoms with Crippen molar-refractivity contribution in [3.63, 3.8) is 0 Å².